The molecule has 0 bridgehead atoms. The van der Waals surface area contributed by atoms with E-state index in [4.69, 9.17) is 0 Å². The number of alkyl halides is 4. The zero-order valence-corrected chi connectivity index (χ0v) is 8.36. The van der Waals surface area contributed by atoms with Gasteiger partial charge in [-0.1, -0.05) is 0 Å². The molecule has 1 N–H and O–H groups in total. The molecule has 0 heterocycles. The molecule has 0 spiro atoms. The van der Waals surface area contributed by atoms with E-state index in [1.165, 1.54) is 0 Å². The number of rotatable bonds is 7. The first kappa shape index (κ1) is 13.6. The van der Waals surface area contributed by atoms with Crippen LogP contribution in [0.2, 0.25) is 0 Å². The third kappa shape index (κ3) is 6.15. The van der Waals surface area contributed by atoms with E-state index >= 15 is 0 Å². The van der Waals surface area contributed by atoms with E-state index in [2.05, 4.69) is 5.32 Å². The molecule has 0 atom stereocenters. The van der Waals surface area contributed by atoms with Crippen molar-refractivity contribution in [2.24, 2.45) is 0 Å². The smallest absolute Gasteiger partial charge is 0.311 e. The molecule has 0 saturated heterocycles. The van der Waals surface area contributed by atoms with E-state index in [0.717, 1.165) is 6.54 Å². The molecule has 0 rings (SSSR count). The van der Waals surface area contributed by atoms with Gasteiger partial charge >= 0.3 is 12.3 Å². The molecule has 0 aliphatic carbocycles. The van der Waals surface area contributed by atoms with Crippen molar-refractivity contribution in [2.45, 2.75) is 18.8 Å². The Morgan fingerprint density at radius 1 is 1.29 bits per heavy atom. The van der Waals surface area contributed by atoms with Crippen molar-refractivity contribution < 1.29 is 17.6 Å². The summed E-state index contributed by atoms with van der Waals surface area (Å²) in [6, 6.07) is 0. The maximum absolute atomic E-state index is 12.3. The second-order valence-corrected chi connectivity index (χ2v) is 3.40. The molecule has 0 unspecified atom stereocenters. The van der Waals surface area contributed by atoms with Gasteiger partial charge in [-0.05, 0) is 33.6 Å². The van der Waals surface area contributed by atoms with Crippen LogP contribution in [0.5, 0.6) is 0 Å². The summed E-state index contributed by atoms with van der Waals surface area (Å²) in [4.78, 5) is 1.90. The second kappa shape index (κ2) is 6.19. The summed E-state index contributed by atoms with van der Waals surface area (Å²) in [5, 5.41) is 2.31. The Morgan fingerprint density at radius 3 is 2.29 bits per heavy atom. The van der Waals surface area contributed by atoms with E-state index in [0.29, 0.717) is 13.0 Å². The Morgan fingerprint density at radius 2 is 1.86 bits per heavy atom. The van der Waals surface area contributed by atoms with Crippen LogP contribution in [0.25, 0.3) is 0 Å². The van der Waals surface area contributed by atoms with Gasteiger partial charge in [-0.2, -0.15) is 8.78 Å². The normalized spacial score (nSPS) is 12.9. The van der Waals surface area contributed by atoms with Crippen LogP contribution >= 0.6 is 0 Å². The Kier molecular flexibility index (Phi) is 6.03. The third-order valence-electron chi connectivity index (χ3n) is 1.64. The fourth-order valence-corrected chi connectivity index (χ4v) is 0.852. The molecule has 0 radical (unpaired) electrons. The van der Waals surface area contributed by atoms with E-state index in [9.17, 15) is 17.6 Å². The Balaban J connectivity index is 3.45. The number of hydrogen-bond donors (Lipinski definition) is 1. The summed E-state index contributed by atoms with van der Waals surface area (Å²) in [5.41, 5.74) is 0. The first-order chi connectivity index (χ1) is 6.36. The van der Waals surface area contributed by atoms with E-state index in [1.54, 1.807) is 0 Å². The summed E-state index contributed by atoms with van der Waals surface area (Å²) < 4.78 is 47.9. The average molecular weight is 216 g/mol. The van der Waals surface area contributed by atoms with Gasteiger partial charge in [0.1, 0.15) is 0 Å². The van der Waals surface area contributed by atoms with Crippen LogP contribution < -0.4 is 5.32 Å². The van der Waals surface area contributed by atoms with Gasteiger partial charge < -0.3 is 10.2 Å². The van der Waals surface area contributed by atoms with Gasteiger partial charge in [0.25, 0.3) is 0 Å². The first-order valence-electron chi connectivity index (χ1n) is 4.37. The number of halogens is 4. The quantitative estimate of drug-likeness (QED) is 0.511. The third-order valence-corrected chi connectivity index (χ3v) is 1.64. The molecule has 86 valence electrons. The minimum atomic E-state index is -3.92. The van der Waals surface area contributed by atoms with Crippen molar-refractivity contribution in [3.8, 4) is 0 Å². The van der Waals surface area contributed by atoms with Gasteiger partial charge in [0.05, 0.1) is 6.54 Å². The van der Waals surface area contributed by atoms with Crippen molar-refractivity contribution in [2.75, 3.05) is 33.7 Å². The van der Waals surface area contributed by atoms with Crippen LogP contribution in [0.4, 0.5) is 17.6 Å². The lowest BCUT2D eigenvalue weighted by molar-refractivity contribution is -0.125. The SMILES string of the molecule is CN(C)CCCNCC(F)(F)C(F)F. The van der Waals surface area contributed by atoms with Gasteiger partial charge in [0, 0.05) is 0 Å². The zero-order chi connectivity index (χ0) is 11.2. The van der Waals surface area contributed by atoms with E-state index in [-0.39, 0.29) is 0 Å². The predicted octanol–water partition coefficient (Wildman–Crippen LogP) is 1.43. The maximum Gasteiger partial charge on any atom is 0.319 e. The predicted molar refractivity (Wildman–Crippen MR) is 47.0 cm³/mol. The van der Waals surface area contributed by atoms with Crippen molar-refractivity contribution in [1.82, 2.24) is 10.2 Å². The summed E-state index contributed by atoms with van der Waals surface area (Å²) >= 11 is 0. The number of hydrogen-bond acceptors (Lipinski definition) is 2. The number of nitrogens with zero attached hydrogens (tertiary/aromatic N) is 1. The van der Waals surface area contributed by atoms with Gasteiger partial charge in [-0.15, -0.1) is 0 Å². The van der Waals surface area contributed by atoms with Crippen LogP contribution in [-0.2, 0) is 0 Å². The van der Waals surface area contributed by atoms with Gasteiger partial charge in [0.15, 0.2) is 0 Å². The largest absolute Gasteiger partial charge is 0.319 e. The summed E-state index contributed by atoms with van der Waals surface area (Å²) in [6.45, 7) is 0.103. The Labute approximate surface area is 81.3 Å². The molecule has 0 aliphatic heterocycles. The Bertz CT molecular complexity index is 150. The standard InChI is InChI=1S/C8H16F4N2/c1-14(2)5-3-4-13-6-8(11,12)7(9)10/h7,13H,3-6H2,1-2H3. The molecular weight excluding hydrogens is 200 g/mol. The zero-order valence-electron chi connectivity index (χ0n) is 8.36. The highest BCUT2D eigenvalue weighted by molar-refractivity contribution is 4.71. The van der Waals surface area contributed by atoms with Crippen molar-refractivity contribution in [1.29, 1.82) is 0 Å². The molecule has 0 aromatic carbocycles. The molecule has 0 aliphatic rings. The van der Waals surface area contributed by atoms with Crippen LogP contribution in [0.3, 0.4) is 0 Å². The maximum atomic E-state index is 12.3. The minimum absolute atomic E-state index is 0.320. The van der Waals surface area contributed by atoms with Crippen LogP contribution in [0.15, 0.2) is 0 Å². The van der Waals surface area contributed by atoms with Gasteiger partial charge in [0.2, 0.25) is 0 Å². The minimum Gasteiger partial charge on any atom is -0.311 e. The average Bonchev–Trinajstić information content (AvgIpc) is 2.02. The summed E-state index contributed by atoms with van der Waals surface area (Å²) in [5.74, 6) is -3.92. The van der Waals surface area contributed by atoms with E-state index in [1.807, 2.05) is 19.0 Å². The van der Waals surface area contributed by atoms with Crippen molar-refractivity contribution in [3.63, 3.8) is 0 Å². The molecular formula is C8H16F4N2. The molecule has 0 amide bonds. The molecule has 0 aromatic heterocycles. The Hall–Kier alpha value is -0.360. The highest BCUT2D eigenvalue weighted by Gasteiger charge is 2.39. The molecule has 14 heavy (non-hydrogen) atoms. The lowest BCUT2D eigenvalue weighted by atomic mass is 10.3. The monoisotopic (exact) mass is 216 g/mol. The summed E-state index contributed by atoms with van der Waals surface area (Å²) in [7, 11) is 3.71. The lowest BCUT2D eigenvalue weighted by Gasteiger charge is -2.16. The van der Waals surface area contributed by atoms with Gasteiger partial charge in [-0.25, -0.2) is 8.78 Å². The first-order valence-corrected chi connectivity index (χ1v) is 4.37. The van der Waals surface area contributed by atoms with Crippen LogP contribution in [0.1, 0.15) is 6.42 Å². The molecule has 0 aromatic rings. The fourth-order valence-electron chi connectivity index (χ4n) is 0.852. The lowest BCUT2D eigenvalue weighted by Crippen LogP contribution is -2.39. The summed E-state index contributed by atoms with van der Waals surface area (Å²) in [6.07, 6.45) is -2.93. The number of nitrogens with one attached hydrogen (secondary N) is 1. The van der Waals surface area contributed by atoms with Crippen molar-refractivity contribution >= 4 is 0 Å². The van der Waals surface area contributed by atoms with Crippen LogP contribution in [-0.4, -0.2) is 51.0 Å². The molecule has 0 fully saturated rings. The van der Waals surface area contributed by atoms with Crippen molar-refractivity contribution in [3.05, 3.63) is 0 Å². The highest BCUT2D eigenvalue weighted by atomic mass is 19.3. The topological polar surface area (TPSA) is 15.3 Å². The second-order valence-electron chi connectivity index (χ2n) is 3.40. The van der Waals surface area contributed by atoms with Crippen LogP contribution in [0, 0.1) is 0 Å². The highest BCUT2D eigenvalue weighted by Crippen LogP contribution is 2.21. The molecule has 6 heteroatoms. The molecule has 2 nitrogen and oxygen atoms in total. The fraction of sp³-hybridized carbons (Fsp3) is 1.00. The molecule has 0 saturated carbocycles. The van der Waals surface area contributed by atoms with Gasteiger partial charge in [-0.3, -0.25) is 0 Å². The van der Waals surface area contributed by atoms with E-state index < -0.39 is 18.9 Å².